The fourth-order valence-electron chi connectivity index (χ4n) is 1.80. The minimum Gasteiger partial charge on any atom is -0.680 e. The van der Waals surface area contributed by atoms with Crippen LogP contribution in [0.3, 0.4) is 0 Å². The third kappa shape index (κ3) is 5.62. The molecule has 0 amide bonds. The molecule has 21 heavy (non-hydrogen) atoms. The smallest absolute Gasteiger partial charge is 0.680 e. The predicted molar refractivity (Wildman–Crippen MR) is 85.9 cm³/mol. The van der Waals surface area contributed by atoms with Gasteiger partial charge in [-0.2, -0.15) is 20.8 Å². The van der Waals surface area contributed by atoms with Crippen molar-refractivity contribution < 1.29 is 31.1 Å². The average Bonchev–Trinajstić information content (AvgIpc) is 2.41. The summed E-state index contributed by atoms with van der Waals surface area (Å²) in [5.41, 5.74) is 4.28. The Morgan fingerprint density at radius 1 is 0.857 bits per heavy atom. The molecule has 0 fully saturated rings. The number of benzene rings is 2. The number of nitrogens with zero attached hydrogens (tertiary/aromatic N) is 1. The number of hydrogen-bond acceptors (Lipinski definition) is 0. The Bertz CT molecular complexity index is 581. The van der Waals surface area contributed by atoms with Gasteiger partial charge in [0, 0.05) is 11.1 Å². The van der Waals surface area contributed by atoms with Gasteiger partial charge in [-0.25, -0.2) is 0 Å². The summed E-state index contributed by atoms with van der Waals surface area (Å²) in [7, 11) is 0. The van der Waals surface area contributed by atoms with Gasteiger partial charge >= 0.3 is 31.1 Å². The Labute approximate surface area is 151 Å². The summed E-state index contributed by atoms with van der Waals surface area (Å²) >= 11 is 0. The Morgan fingerprint density at radius 2 is 1.38 bits per heavy atom. The van der Waals surface area contributed by atoms with Gasteiger partial charge in [0.2, 0.25) is 0 Å². The van der Waals surface area contributed by atoms with E-state index in [2.05, 4.69) is 44.0 Å². The van der Waals surface area contributed by atoms with Crippen molar-refractivity contribution in [2.45, 2.75) is 27.3 Å². The molecule has 0 N–H and O–H groups in total. The van der Waals surface area contributed by atoms with E-state index in [0.29, 0.717) is 6.54 Å². The third-order valence-electron chi connectivity index (χ3n) is 2.67. The predicted octanol–water partition coefficient (Wildman–Crippen LogP) is 5.23. The average molecular weight is 499 g/mol. The second-order valence-corrected chi connectivity index (χ2v) is 5.24. The Kier molecular flexibility index (Phi) is 7.66. The maximum atomic E-state index is 4.59. The summed E-state index contributed by atoms with van der Waals surface area (Å²) in [5.74, 6) is 7.81. The van der Waals surface area contributed by atoms with E-state index in [-0.39, 0.29) is 31.1 Å². The van der Waals surface area contributed by atoms with Crippen molar-refractivity contribution in [3.63, 3.8) is 0 Å². The van der Waals surface area contributed by atoms with Crippen molar-refractivity contribution in [3.8, 4) is 11.8 Å². The molecule has 0 bridgehead atoms. The van der Waals surface area contributed by atoms with Crippen LogP contribution in [0.1, 0.15) is 37.5 Å². The summed E-state index contributed by atoms with van der Waals surface area (Å²) in [6.07, 6.45) is 0. The van der Waals surface area contributed by atoms with Gasteiger partial charge in [0.1, 0.15) is 0 Å². The van der Waals surface area contributed by atoms with Gasteiger partial charge in [-0.15, -0.1) is 12.2 Å². The molecule has 0 radical (unpaired) electrons. The molecule has 0 aromatic heterocycles. The zero-order valence-electron chi connectivity index (χ0n) is 12.8. The van der Waals surface area contributed by atoms with Crippen LogP contribution in [-0.2, 0) is 6.54 Å². The van der Waals surface area contributed by atoms with Crippen LogP contribution in [0.4, 0.5) is 5.69 Å². The second kappa shape index (κ2) is 8.99. The Morgan fingerprint density at radius 3 is 2.10 bits per heavy atom. The molecule has 0 aliphatic carbocycles. The van der Waals surface area contributed by atoms with Gasteiger partial charge in [-0.05, 0) is 17.7 Å². The van der Waals surface area contributed by atoms with E-state index in [9.17, 15) is 0 Å². The van der Waals surface area contributed by atoms with Crippen molar-refractivity contribution >= 4 is 5.69 Å². The van der Waals surface area contributed by atoms with Crippen LogP contribution in [0.5, 0.6) is 0 Å². The second-order valence-electron chi connectivity index (χ2n) is 5.24. The first-order chi connectivity index (χ1) is 9.66. The van der Waals surface area contributed by atoms with E-state index >= 15 is 0 Å². The van der Waals surface area contributed by atoms with Crippen LogP contribution in [0.25, 0.3) is 5.32 Å². The molecule has 0 saturated heterocycles. The molecule has 2 heteroatoms. The molecule has 2 aromatic rings. The topological polar surface area (TPSA) is 14.1 Å². The van der Waals surface area contributed by atoms with E-state index in [0.717, 1.165) is 16.8 Å². The SMILES string of the molecule is C1#Cc2ccccc2[N-]Cc2ccccc21.C[C-](C)C.[U+2]. The van der Waals surface area contributed by atoms with Crippen molar-refractivity contribution in [2.24, 2.45) is 0 Å². The Balaban J connectivity index is 0.000000397. The summed E-state index contributed by atoms with van der Waals surface area (Å²) in [6, 6.07) is 16.2. The van der Waals surface area contributed by atoms with E-state index in [4.69, 9.17) is 0 Å². The summed E-state index contributed by atoms with van der Waals surface area (Å²) in [6.45, 7) is 6.96. The maximum Gasteiger partial charge on any atom is 2.00 e. The normalized spacial score (nSPS) is 10.9. The van der Waals surface area contributed by atoms with Crippen LogP contribution >= 0.6 is 0 Å². The van der Waals surface area contributed by atoms with E-state index in [1.54, 1.807) is 0 Å². The molecule has 0 spiro atoms. The van der Waals surface area contributed by atoms with Crippen molar-refractivity contribution in [2.75, 3.05) is 0 Å². The van der Waals surface area contributed by atoms with Crippen molar-refractivity contribution in [1.82, 2.24) is 0 Å². The first-order valence-electron chi connectivity index (χ1n) is 6.80. The fraction of sp³-hybridized carbons (Fsp3) is 0.211. The van der Waals surface area contributed by atoms with E-state index in [1.165, 1.54) is 11.5 Å². The first-order valence-corrected chi connectivity index (χ1v) is 6.80. The zero-order chi connectivity index (χ0) is 14.4. The quantitative estimate of drug-likeness (QED) is 0.349. The van der Waals surface area contributed by atoms with Crippen LogP contribution in [0.15, 0.2) is 48.5 Å². The van der Waals surface area contributed by atoms with Crippen LogP contribution < -0.4 is 0 Å². The van der Waals surface area contributed by atoms with E-state index in [1.807, 2.05) is 42.5 Å². The molecule has 3 rings (SSSR count). The number of fused-ring (bicyclic) bond motifs is 2. The van der Waals surface area contributed by atoms with Gasteiger partial charge in [0.25, 0.3) is 0 Å². The molecule has 1 aliphatic rings. The van der Waals surface area contributed by atoms with E-state index < -0.39 is 0 Å². The standard InChI is InChI=1S/C15H10N.C4H9.U/c1-2-7-14-11-16-15-8-4-3-6-13(15)10-9-12(14)5-1;1-4(2)3;/h1-8H,11H2;1-3H3;/q2*-1;+2. The molecule has 1 heterocycles. The van der Waals surface area contributed by atoms with Gasteiger partial charge in [-0.3, -0.25) is 0 Å². The number of hydrogen-bond donors (Lipinski definition) is 0. The monoisotopic (exact) mass is 499 g/mol. The molecule has 0 atom stereocenters. The minimum atomic E-state index is 0. The molecular weight excluding hydrogens is 480 g/mol. The summed E-state index contributed by atoms with van der Waals surface area (Å²) in [4.78, 5) is 0. The van der Waals surface area contributed by atoms with Gasteiger partial charge < -0.3 is 11.2 Å². The molecule has 2 aromatic carbocycles. The van der Waals surface area contributed by atoms with Crippen LogP contribution in [0.2, 0.25) is 0 Å². The summed E-state index contributed by atoms with van der Waals surface area (Å²) < 4.78 is 0. The molecular formula is C19H19NU. The molecule has 104 valence electrons. The maximum absolute atomic E-state index is 4.59. The van der Waals surface area contributed by atoms with Crippen molar-refractivity contribution in [3.05, 3.63) is 76.5 Å². The van der Waals surface area contributed by atoms with Crippen LogP contribution in [0, 0.1) is 48.9 Å². The number of rotatable bonds is 0. The van der Waals surface area contributed by atoms with Gasteiger partial charge in [0.15, 0.2) is 0 Å². The van der Waals surface area contributed by atoms with Gasteiger partial charge in [-0.1, -0.05) is 48.2 Å². The number of para-hydroxylation sites is 1. The zero-order valence-corrected chi connectivity index (χ0v) is 16.9. The molecule has 1 aliphatic heterocycles. The first kappa shape index (κ1) is 17.9. The minimum absolute atomic E-state index is 0. The Hall–Kier alpha value is -1.15. The molecule has 0 saturated carbocycles. The summed E-state index contributed by atoms with van der Waals surface area (Å²) in [5, 5.41) is 4.59. The third-order valence-corrected chi connectivity index (χ3v) is 2.67. The molecule has 1 nitrogen and oxygen atoms in total. The van der Waals surface area contributed by atoms with Crippen molar-refractivity contribution in [1.29, 1.82) is 0 Å². The van der Waals surface area contributed by atoms with Gasteiger partial charge in [0.05, 0.1) is 0 Å². The van der Waals surface area contributed by atoms with Crippen LogP contribution in [-0.4, -0.2) is 0 Å². The largest absolute Gasteiger partial charge is 2.00 e. The molecule has 0 unspecified atom stereocenters. The fourth-order valence-corrected chi connectivity index (χ4v) is 1.80.